The topological polar surface area (TPSA) is 42.7 Å². The Bertz CT molecular complexity index is 492. The number of rotatable bonds is 5. The van der Waals surface area contributed by atoms with Gasteiger partial charge in [0.15, 0.2) is 0 Å². The Hall–Kier alpha value is -1.75. The summed E-state index contributed by atoms with van der Waals surface area (Å²) >= 11 is 0. The number of hydrogen-bond acceptors (Lipinski definition) is 3. The van der Waals surface area contributed by atoms with Crippen molar-refractivity contribution in [2.24, 2.45) is 0 Å². The summed E-state index contributed by atoms with van der Waals surface area (Å²) in [7, 11) is 1.86. The van der Waals surface area contributed by atoms with Crippen molar-refractivity contribution in [2.75, 3.05) is 7.05 Å². The zero-order valence-corrected chi connectivity index (χ0v) is 10.6. The fraction of sp³-hybridized carbons (Fsp3) is 0.385. The normalized spacial score (nSPS) is 12.6. The highest BCUT2D eigenvalue weighted by atomic mass is 19.1. The number of hydrogen-bond donors (Lipinski definition) is 1. The minimum atomic E-state index is -0.323. The second-order valence-corrected chi connectivity index (χ2v) is 4.10. The van der Waals surface area contributed by atoms with Crippen LogP contribution >= 0.6 is 0 Å². The van der Waals surface area contributed by atoms with E-state index in [0.29, 0.717) is 0 Å². The maximum Gasteiger partial charge on any atom is 0.141 e. The number of aromatic nitrogens is 3. The second kappa shape index (κ2) is 5.73. The van der Waals surface area contributed by atoms with Crippen LogP contribution in [0.15, 0.2) is 30.6 Å². The van der Waals surface area contributed by atoms with Crippen LogP contribution < -0.4 is 5.32 Å². The largest absolute Gasteiger partial charge is 0.307 e. The van der Waals surface area contributed by atoms with E-state index >= 15 is 0 Å². The van der Waals surface area contributed by atoms with Crippen molar-refractivity contribution in [2.45, 2.75) is 25.9 Å². The molecule has 1 unspecified atom stereocenters. The van der Waals surface area contributed by atoms with Crippen LogP contribution in [0, 0.1) is 5.82 Å². The van der Waals surface area contributed by atoms with Crippen LogP contribution in [-0.2, 0) is 6.54 Å². The molecule has 5 heteroatoms. The lowest BCUT2D eigenvalue weighted by atomic mass is 10.1. The van der Waals surface area contributed by atoms with Gasteiger partial charge in [0.1, 0.15) is 5.82 Å². The van der Waals surface area contributed by atoms with E-state index in [-0.39, 0.29) is 11.9 Å². The summed E-state index contributed by atoms with van der Waals surface area (Å²) in [5.74, 6) is -0.323. The van der Waals surface area contributed by atoms with E-state index in [1.807, 2.05) is 17.8 Å². The Labute approximate surface area is 106 Å². The Morgan fingerprint density at radius 3 is 2.83 bits per heavy atom. The summed E-state index contributed by atoms with van der Waals surface area (Å²) in [6, 6.07) is 5.01. The summed E-state index contributed by atoms with van der Waals surface area (Å²) in [6.45, 7) is 2.97. The minimum Gasteiger partial charge on any atom is -0.307 e. The molecule has 4 nitrogen and oxygen atoms in total. The molecule has 0 aliphatic carbocycles. The average Bonchev–Trinajstić information content (AvgIpc) is 2.82. The van der Waals surface area contributed by atoms with E-state index in [2.05, 4.69) is 22.3 Å². The van der Waals surface area contributed by atoms with Crippen LogP contribution in [0.25, 0.3) is 0 Å². The summed E-state index contributed by atoms with van der Waals surface area (Å²) in [5.41, 5.74) is 1.83. The van der Waals surface area contributed by atoms with Gasteiger partial charge in [-0.2, -0.15) is 5.10 Å². The van der Waals surface area contributed by atoms with Crippen molar-refractivity contribution in [1.29, 1.82) is 0 Å². The molecule has 0 bridgehead atoms. The maximum atomic E-state index is 12.9. The van der Waals surface area contributed by atoms with E-state index < -0.39 is 0 Å². The van der Waals surface area contributed by atoms with Crippen LogP contribution in [-0.4, -0.2) is 21.8 Å². The molecule has 2 aromatic heterocycles. The monoisotopic (exact) mass is 248 g/mol. The molecular weight excluding hydrogens is 231 g/mol. The number of aryl methyl sites for hydroxylation is 1. The zero-order chi connectivity index (χ0) is 13.0. The van der Waals surface area contributed by atoms with Crippen molar-refractivity contribution in [3.63, 3.8) is 0 Å². The highest BCUT2D eigenvalue weighted by Gasteiger charge is 2.17. The van der Waals surface area contributed by atoms with Crippen LogP contribution in [0.3, 0.4) is 0 Å². The summed E-state index contributed by atoms with van der Waals surface area (Å²) < 4.78 is 14.8. The predicted octanol–water partition coefficient (Wildman–Crippen LogP) is 2.14. The quantitative estimate of drug-likeness (QED) is 0.881. The molecule has 0 fully saturated rings. The number of halogens is 1. The van der Waals surface area contributed by atoms with E-state index in [0.717, 1.165) is 24.4 Å². The second-order valence-electron chi connectivity index (χ2n) is 4.10. The lowest BCUT2D eigenvalue weighted by Gasteiger charge is -2.17. The van der Waals surface area contributed by atoms with Gasteiger partial charge >= 0.3 is 0 Å². The van der Waals surface area contributed by atoms with E-state index in [4.69, 9.17) is 0 Å². The van der Waals surface area contributed by atoms with Crippen molar-refractivity contribution < 1.29 is 4.39 Å². The smallest absolute Gasteiger partial charge is 0.141 e. The van der Waals surface area contributed by atoms with Crippen molar-refractivity contribution in [1.82, 2.24) is 20.1 Å². The van der Waals surface area contributed by atoms with Crippen LogP contribution in [0.5, 0.6) is 0 Å². The molecule has 0 aromatic carbocycles. The first-order valence-corrected chi connectivity index (χ1v) is 6.06. The van der Waals surface area contributed by atoms with Gasteiger partial charge < -0.3 is 5.32 Å². The van der Waals surface area contributed by atoms with Crippen molar-refractivity contribution in [3.8, 4) is 0 Å². The average molecular weight is 248 g/mol. The molecule has 2 rings (SSSR count). The van der Waals surface area contributed by atoms with E-state index in [1.165, 1.54) is 12.3 Å². The third-order valence-corrected chi connectivity index (χ3v) is 2.82. The molecule has 2 aromatic rings. The molecule has 96 valence electrons. The van der Waals surface area contributed by atoms with Crippen LogP contribution in [0.2, 0.25) is 0 Å². The van der Waals surface area contributed by atoms with Gasteiger partial charge in [0.2, 0.25) is 0 Å². The molecule has 0 aliphatic rings. The maximum absolute atomic E-state index is 12.9. The standard InChI is InChI=1S/C13H17FN4/c1-3-8-18-12(6-7-17-18)13(15-2)11-5-4-10(14)9-16-11/h4-7,9,13,15H,3,8H2,1-2H3. The summed E-state index contributed by atoms with van der Waals surface area (Å²) in [6.07, 6.45) is 4.03. The fourth-order valence-corrected chi connectivity index (χ4v) is 1.99. The third kappa shape index (κ3) is 2.56. The van der Waals surface area contributed by atoms with Gasteiger partial charge in [-0.15, -0.1) is 0 Å². The highest BCUT2D eigenvalue weighted by Crippen LogP contribution is 2.19. The summed E-state index contributed by atoms with van der Waals surface area (Å²) in [4.78, 5) is 4.13. The molecule has 0 aliphatic heterocycles. The van der Waals surface area contributed by atoms with Crippen molar-refractivity contribution >= 4 is 0 Å². The van der Waals surface area contributed by atoms with Gasteiger partial charge in [0.25, 0.3) is 0 Å². The molecule has 0 saturated heterocycles. The zero-order valence-electron chi connectivity index (χ0n) is 10.6. The van der Waals surface area contributed by atoms with Crippen molar-refractivity contribution in [3.05, 3.63) is 47.8 Å². The lowest BCUT2D eigenvalue weighted by molar-refractivity contribution is 0.527. The Morgan fingerprint density at radius 2 is 2.22 bits per heavy atom. The highest BCUT2D eigenvalue weighted by molar-refractivity contribution is 5.21. The Morgan fingerprint density at radius 1 is 1.39 bits per heavy atom. The minimum absolute atomic E-state index is 0.0698. The molecule has 1 N–H and O–H groups in total. The van der Waals surface area contributed by atoms with Crippen LogP contribution in [0.4, 0.5) is 4.39 Å². The lowest BCUT2D eigenvalue weighted by Crippen LogP contribution is -2.22. The first kappa shape index (κ1) is 12.7. The predicted molar refractivity (Wildman–Crippen MR) is 67.6 cm³/mol. The van der Waals surface area contributed by atoms with Gasteiger partial charge in [0.05, 0.1) is 23.6 Å². The van der Waals surface area contributed by atoms with Gasteiger partial charge in [-0.25, -0.2) is 4.39 Å². The van der Waals surface area contributed by atoms with Crippen LogP contribution in [0.1, 0.15) is 30.8 Å². The number of pyridine rings is 1. The molecule has 0 amide bonds. The SMILES string of the molecule is CCCn1nccc1C(NC)c1ccc(F)cn1. The Balaban J connectivity index is 2.32. The fourth-order valence-electron chi connectivity index (χ4n) is 1.99. The molecule has 1 atom stereocenters. The van der Waals surface area contributed by atoms with E-state index in [9.17, 15) is 4.39 Å². The summed E-state index contributed by atoms with van der Waals surface area (Å²) in [5, 5.41) is 7.49. The van der Waals surface area contributed by atoms with Gasteiger partial charge in [-0.05, 0) is 31.7 Å². The molecule has 0 spiro atoms. The first-order chi connectivity index (χ1) is 8.76. The van der Waals surface area contributed by atoms with Gasteiger partial charge in [0, 0.05) is 12.7 Å². The Kier molecular flexibility index (Phi) is 4.04. The number of nitrogens with zero attached hydrogens (tertiary/aromatic N) is 3. The molecule has 0 radical (unpaired) electrons. The first-order valence-electron chi connectivity index (χ1n) is 6.06. The third-order valence-electron chi connectivity index (χ3n) is 2.82. The number of nitrogens with one attached hydrogen (secondary N) is 1. The van der Waals surface area contributed by atoms with Gasteiger partial charge in [-0.1, -0.05) is 6.92 Å². The molecule has 0 saturated carbocycles. The molecule has 2 heterocycles. The van der Waals surface area contributed by atoms with E-state index in [1.54, 1.807) is 12.3 Å². The van der Waals surface area contributed by atoms with Gasteiger partial charge in [-0.3, -0.25) is 9.67 Å². The molecular formula is C13H17FN4. The molecule has 18 heavy (non-hydrogen) atoms.